The fraction of sp³-hybridized carbons (Fsp3) is 0.533. The largest absolute Gasteiger partial charge is 0.481 e. The van der Waals surface area contributed by atoms with Gasteiger partial charge in [0, 0.05) is 13.1 Å². The van der Waals surface area contributed by atoms with Crippen molar-refractivity contribution in [2.45, 2.75) is 32.4 Å². The molecule has 23 heavy (non-hydrogen) atoms. The number of likely N-dealkylation sites (tertiary alicyclic amines) is 1. The standard InChI is InChI=1S/C15H17F3N2O3/c1-9-11(4-5-12(19-9)15(16,17)18)13(21)20-7-2-3-10(6-8-20)14(22)23/h4-5,10H,2-3,6-8H2,1H3,(H,22,23). The van der Waals surface area contributed by atoms with Crippen LogP contribution in [0.3, 0.4) is 0 Å². The van der Waals surface area contributed by atoms with Crippen molar-refractivity contribution in [2.24, 2.45) is 5.92 Å². The number of aryl methyl sites for hydroxylation is 1. The lowest BCUT2D eigenvalue weighted by molar-refractivity contribution is -0.142. The van der Waals surface area contributed by atoms with Gasteiger partial charge < -0.3 is 10.0 Å². The maximum atomic E-state index is 12.6. The Labute approximate surface area is 131 Å². The van der Waals surface area contributed by atoms with Gasteiger partial charge in [0.15, 0.2) is 0 Å². The molecule has 1 unspecified atom stereocenters. The van der Waals surface area contributed by atoms with Crippen LogP contribution < -0.4 is 0 Å². The zero-order valence-corrected chi connectivity index (χ0v) is 12.6. The van der Waals surface area contributed by atoms with Crippen molar-refractivity contribution in [3.63, 3.8) is 0 Å². The molecule has 0 spiro atoms. The molecule has 1 fully saturated rings. The molecule has 0 radical (unpaired) electrons. The van der Waals surface area contributed by atoms with E-state index in [0.717, 1.165) is 12.1 Å². The van der Waals surface area contributed by atoms with E-state index in [9.17, 15) is 22.8 Å². The summed E-state index contributed by atoms with van der Waals surface area (Å²) in [5.41, 5.74) is -0.899. The molecule has 1 aliphatic rings. The molecule has 0 aliphatic carbocycles. The van der Waals surface area contributed by atoms with Crippen molar-refractivity contribution >= 4 is 11.9 Å². The van der Waals surface area contributed by atoms with E-state index in [1.54, 1.807) is 0 Å². The number of rotatable bonds is 2. The van der Waals surface area contributed by atoms with Gasteiger partial charge in [0.2, 0.25) is 0 Å². The normalized spacial score (nSPS) is 19.3. The van der Waals surface area contributed by atoms with Crippen LogP contribution >= 0.6 is 0 Å². The van der Waals surface area contributed by atoms with Crippen LogP contribution in [-0.4, -0.2) is 40.0 Å². The summed E-state index contributed by atoms with van der Waals surface area (Å²) in [6.07, 6.45) is -3.17. The third-order valence-electron chi connectivity index (χ3n) is 3.97. The van der Waals surface area contributed by atoms with Crippen LogP contribution in [0.5, 0.6) is 0 Å². The Bertz CT molecular complexity index is 616. The van der Waals surface area contributed by atoms with Crippen LogP contribution in [0.2, 0.25) is 0 Å². The van der Waals surface area contributed by atoms with E-state index in [0.29, 0.717) is 25.8 Å². The number of carboxylic acids is 1. The lowest BCUT2D eigenvalue weighted by Gasteiger charge is -2.21. The van der Waals surface area contributed by atoms with Crippen molar-refractivity contribution < 1.29 is 27.9 Å². The first-order valence-corrected chi connectivity index (χ1v) is 7.27. The number of carboxylic acid groups (broad SMARTS) is 1. The van der Waals surface area contributed by atoms with Crippen LogP contribution in [0.25, 0.3) is 0 Å². The molecule has 2 heterocycles. The molecule has 0 bridgehead atoms. The number of halogens is 3. The number of aromatic nitrogens is 1. The summed E-state index contributed by atoms with van der Waals surface area (Å²) in [6.45, 7) is 2.03. The number of hydrogen-bond acceptors (Lipinski definition) is 3. The molecule has 8 heteroatoms. The van der Waals surface area contributed by atoms with Gasteiger partial charge in [-0.1, -0.05) is 0 Å². The molecule has 5 nitrogen and oxygen atoms in total. The van der Waals surface area contributed by atoms with E-state index in [2.05, 4.69) is 4.98 Å². The van der Waals surface area contributed by atoms with Gasteiger partial charge in [-0.05, 0) is 38.3 Å². The van der Waals surface area contributed by atoms with Crippen LogP contribution in [0, 0.1) is 12.8 Å². The Morgan fingerprint density at radius 3 is 2.52 bits per heavy atom. The summed E-state index contributed by atoms with van der Waals surface area (Å²) in [5, 5.41) is 9.04. The maximum Gasteiger partial charge on any atom is 0.433 e. The molecule has 1 amide bonds. The quantitative estimate of drug-likeness (QED) is 0.905. The van der Waals surface area contributed by atoms with Crippen LogP contribution in [0.1, 0.15) is 41.0 Å². The van der Waals surface area contributed by atoms with Crippen LogP contribution in [-0.2, 0) is 11.0 Å². The first-order chi connectivity index (χ1) is 10.7. The first kappa shape index (κ1) is 17.2. The van der Waals surface area contributed by atoms with Gasteiger partial charge >= 0.3 is 12.1 Å². The summed E-state index contributed by atoms with van der Waals surface area (Å²) >= 11 is 0. The summed E-state index contributed by atoms with van der Waals surface area (Å²) in [5.74, 6) is -1.78. The SMILES string of the molecule is Cc1nc(C(F)(F)F)ccc1C(=O)N1CCCC(C(=O)O)CC1. The molecule has 126 valence electrons. The molecule has 0 saturated carbocycles. The van der Waals surface area contributed by atoms with Gasteiger partial charge in [0.1, 0.15) is 5.69 Å². The Morgan fingerprint density at radius 2 is 1.96 bits per heavy atom. The van der Waals surface area contributed by atoms with Gasteiger partial charge in [0.05, 0.1) is 17.2 Å². The highest BCUT2D eigenvalue weighted by atomic mass is 19.4. The number of nitrogens with zero attached hydrogens (tertiary/aromatic N) is 2. The number of carbonyl (C=O) groups excluding carboxylic acids is 1. The molecule has 1 aromatic heterocycles. The topological polar surface area (TPSA) is 70.5 Å². The highest BCUT2D eigenvalue weighted by Gasteiger charge is 2.33. The third-order valence-corrected chi connectivity index (χ3v) is 3.97. The van der Waals surface area contributed by atoms with E-state index in [1.807, 2.05) is 0 Å². The molecular formula is C15H17F3N2O3. The minimum atomic E-state index is -4.55. The van der Waals surface area contributed by atoms with Crippen molar-refractivity contribution in [1.29, 1.82) is 0 Å². The zero-order valence-electron chi connectivity index (χ0n) is 12.6. The lowest BCUT2D eigenvalue weighted by Crippen LogP contribution is -2.33. The summed E-state index contributed by atoms with van der Waals surface area (Å²) in [4.78, 5) is 28.4. The molecule has 1 N–H and O–H groups in total. The van der Waals surface area contributed by atoms with Gasteiger partial charge in [-0.3, -0.25) is 9.59 Å². The van der Waals surface area contributed by atoms with E-state index in [4.69, 9.17) is 5.11 Å². The van der Waals surface area contributed by atoms with Gasteiger partial charge in [-0.25, -0.2) is 4.98 Å². The number of carbonyl (C=O) groups is 2. The maximum absolute atomic E-state index is 12.6. The lowest BCUT2D eigenvalue weighted by atomic mass is 10.0. The fourth-order valence-electron chi connectivity index (χ4n) is 2.66. The van der Waals surface area contributed by atoms with Gasteiger partial charge in [-0.2, -0.15) is 13.2 Å². The number of alkyl halides is 3. The second kappa shape index (κ2) is 6.55. The second-order valence-corrected chi connectivity index (χ2v) is 5.59. The number of hydrogen-bond donors (Lipinski definition) is 1. The average Bonchev–Trinajstić information content (AvgIpc) is 2.71. The Hall–Kier alpha value is -2.12. The van der Waals surface area contributed by atoms with Crippen molar-refractivity contribution in [2.75, 3.05) is 13.1 Å². The first-order valence-electron chi connectivity index (χ1n) is 7.27. The summed E-state index contributed by atoms with van der Waals surface area (Å²) in [6, 6.07) is 1.92. The van der Waals surface area contributed by atoms with E-state index >= 15 is 0 Å². The van der Waals surface area contributed by atoms with Crippen molar-refractivity contribution in [1.82, 2.24) is 9.88 Å². The van der Waals surface area contributed by atoms with Crippen molar-refractivity contribution in [3.05, 3.63) is 29.1 Å². The highest BCUT2D eigenvalue weighted by molar-refractivity contribution is 5.95. The fourth-order valence-corrected chi connectivity index (χ4v) is 2.66. The Balaban J connectivity index is 2.16. The van der Waals surface area contributed by atoms with Gasteiger partial charge in [0.25, 0.3) is 5.91 Å². The molecule has 1 aromatic rings. The Morgan fingerprint density at radius 1 is 1.26 bits per heavy atom. The average molecular weight is 330 g/mol. The molecule has 1 atom stereocenters. The molecule has 1 saturated heterocycles. The zero-order chi connectivity index (χ0) is 17.2. The van der Waals surface area contributed by atoms with E-state index in [-0.39, 0.29) is 17.8 Å². The van der Waals surface area contributed by atoms with Crippen LogP contribution in [0.15, 0.2) is 12.1 Å². The number of aliphatic carboxylic acids is 1. The minimum absolute atomic E-state index is 0.0175. The predicted octanol–water partition coefficient (Wildman–Crippen LogP) is 2.74. The monoisotopic (exact) mass is 330 g/mol. The Kier molecular flexibility index (Phi) is 4.91. The minimum Gasteiger partial charge on any atom is -0.481 e. The van der Waals surface area contributed by atoms with Gasteiger partial charge in [-0.15, -0.1) is 0 Å². The number of pyridine rings is 1. The van der Waals surface area contributed by atoms with Crippen LogP contribution in [0.4, 0.5) is 13.2 Å². The van der Waals surface area contributed by atoms with E-state index < -0.39 is 29.7 Å². The smallest absolute Gasteiger partial charge is 0.433 e. The molecular weight excluding hydrogens is 313 g/mol. The summed E-state index contributed by atoms with van der Waals surface area (Å²) in [7, 11) is 0. The molecule has 2 rings (SSSR count). The van der Waals surface area contributed by atoms with Crippen molar-refractivity contribution in [3.8, 4) is 0 Å². The third kappa shape index (κ3) is 4.00. The highest BCUT2D eigenvalue weighted by Crippen LogP contribution is 2.28. The molecule has 1 aliphatic heterocycles. The summed E-state index contributed by atoms with van der Waals surface area (Å²) < 4.78 is 37.8. The van der Waals surface area contributed by atoms with E-state index in [1.165, 1.54) is 11.8 Å². The predicted molar refractivity (Wildman–Crippen MR) is 74.9 cm³/mol. The molecule has 0 aromatic carbocycles. The second-order valence-electron chi connectivity index (χ2n) is 5.59. The number of amides is 1.